The van der Waals surface area contributed by atoms with Gasteiger partial charge in [-0.15, -0.1) is 0 Å². The van der Waals surface area contributed by atoms with Gasteiger partial charge in [-0.2, -0.15) is 13.9 Å². The van der Waals surface area contributed by atoms with Gasteiger partial charge in [0.15, 0.2) is 0 Å². The standard InChI is InChI=1S/C21H16F2N4O2/c1-27-12-13(11-24-27)18-10-15(14-6-2-3-7-16(14)25-18)20(28)26-17-8-4-5-9-19(17)29-21(22)23/h2-12,21H,1H3,(H,26,28). The van der Waals surface area contributed by atoms with Crippen molar-refractivity contribution in [3.63, 3.8) is 0 Å². The summed E-state index contributed by atoms with van der Waals surface area (Å²) in [6.07, 6.45) is 3.45. The van der Waals surface area contributed by atoms with Crippen LogP contribution in [0, 0.1) is 0 Å². The van der Waals surface area contributed by atoms with Crippen LogP contribution in [0.5, 0.6) is 5.75 Å². The summed E-state index contributed by atoms with van der Waals surface area (Å²) < 4.78 is 31.5. The molecule has 2 heterocycles. The number of hydrogen-bond acceptors (Lipinski definition) is 4. The van der Waals surface area contributed by atoms with Gasteiger partial charge < -0.3 is 10.1 Å². The van der Waals surface area contributed by atoms with Crippen molar-refractivity contribution in [2.24, 2.45) is 7.05 Å². The summed E-state index contributed by atoms with van der Waals surface area (Å²) in [5, 5.41) is 7.45. The lowest BCUT2D eigenvalue weighted by Gasteiger charge is -2.13. The maximum Gasteiger partial charge on any atom is 0.387 e. The molecular formula is C21H16F2N4O2. The van der Waals surface area contributed by atoms with Crippen LogP contribution in [0.2, 0.25) is 0 Å². The molecule has 0 aliphatic rings. The molecule has 2 aromatic carbocycles. The highest BCUT2D eigenvalue weighted by atomic mass is 19.3. The number of hydrogen-bond donors (Lipinski definition) is 1. The highest BCUT2D eigenvalue weighted by Crippen LogP contribution is 2.29. The number of anilines is 1. The monoisotopic (exact) mass is 394 g/mol. The van der Waals surface area contributed by atoms with Crippen molar-refractivity contribution in [3.05, 3.63) is 72.6 Å². The van der Waals surface area contributed by atoms with Crippen LogP contribution in [-0.4, -0.2) is 27.3 Å². The van der Waals surface area contributed by atoms with E-state index in [9.17, 15) is 13.6 Å². The number of carbonyl (C=O) groups is 1. The molecule has 0 unspecified atom stereocenters. The summed E-state index contributed by atoms with van der Waals surface area (Å²) in [7, 11) is 1.79. The van der Waals surface area contributed by atoms with Crippen LogP contribution in [-0.2, 0) is 7.05 Å². The van der Waals surface area contributed by atoms with E-state index in [1.807, 2.05) is 6.07 Å². The van der Waals surface area contributed by atoms with Crippen LogP contribution in [0.25, 0.3) is 22.2 Å². The van der Waals surface area contributed by atoms with E-state index in [0.29, 0.717) is 22.2 Å². The van der Waals surface area contributed by atoms with Gasteiger partial charge in [0, 0.05) is 24.2 Å². The molecule has 4 rings (SSSR count). The molecule has 0 saturated heterocycles. The number of nitrogens with zero attached hydrogens (tertiary/aromatic N) is 3. The lowest BCUT2D eigenvalue weighted by molar-refractivity contribution is -0.0493. The number of fused-ring (bicyclic) bond motifs is 1. The molecule has 1 amide bonds. The van der Waals surface area contributed by atoms with Crippen molar-refractivity contribution in [1.82, 2.24) is 14.8 Å². The van der Waals surface area contributed by atoms with Crippen molar-refractivity contribution in [3.8, 4) is 17.0 Å². The largest absolute Gasteiger partial charge is 0.433 e. The Morgan fingerprint density at radius 1 is 1.14 bits per heavy atom. The molecule has 1 N–H and O–H groups in total. The van der Waals surface area contributed by atoms with Crippen LogP contribution < -0.4 is 10.1 Å². The maximum absolute atomic E-state index is 13.1. The minimum absolute atomic E-state index is 0.110. The zero-order chi connectivity index (χ0) is 20.4. The van der Waals surface area contributed by atoms with Gasteiger partial charge >= 0.3 is 6.61 Å². The maximum atomic E-state index is 13.1. The number of para-hydroxylation sites is 3. The van der Waals surface area contributed by atoms with E-state index in [0.717, 1.165) is 5.56 Å². The number of ether oxygens (including phenoxy) is 1. The first-order chi connectivity index (χ1) is 14.0. The first kappa shape index (κ1) is 18.5. The summed E-state index contributed by atoms with van der Waals surface area (Å²) >= 11 is 0. The normalized spacial score (nSPS) is 11.0. The summed E-state index contributed by atoms with van der Waals surface area (Å²) in [6.45, 7) is -2.99. The Kier molecular flexibility index (Phi) is 4.90. The van der Waals surface area contributed by atoms with Crippen molar-refractivity contribution < 1.29 is 18.3 Å². The number of alkyl halides is 2. The van der Waals surface area contributed by atoms with Crippen molar-refractivity contribution in [2.75, 3.05) is 5.32 Å². The minimum Gasteiger partial charge on any atom is -0.433 e. The number of amides is 1. The van der Waals surface area contributed by atoms with Gasteiger partial charge in [0.25, 0.3) is 5.91 Å². The fourth-order valence-corrected chi connectivity index (χ4v) is 3.02. The Balaban J connectivity index is 1.76. The predicted molar refractivity (Wildman–Crippen MR) is 105 cm³/mol. The Morgan fingerprint density at radius 2 is 1.90 bits per heavy atom. The third-order valence-electron chi connectivity index (χ3n) is 4.31. The highest BCUT2D eigenvalue weighted by molar-refractivity contribution is 6.13. The fraction of sp³-hybridized carbons (Fsp3) is 0.0952. The van der Waals surface area contributed by atoms with Crippen LogP contribution >= 0.6 is 0 Å². The van der Waals surface area contributed by atoms with E-state index in [1.165, 1.54) is 12.1 Å². The second-order valence-corrected chi connectivity index (χ2v) is 6.30. The molecule has 0 aliphatic heterocycles. The van der Waals surface area contributed by atoms with Gasteiger partial charge in [-0.05, 0) is 24.3 Å². The van der Waals surface area contributed by atoms with Crippen LogP contribution in [0.15, 0.2) is 67.0 Å². The minimum atomic E-state index is -2.99. The summed E-state index contributed by atoms with van der Waals surface area (Å²) in [4.78, 5) is 17.7. The molecule has 0 saturated carbocycles. The third-order valence-corrected chi connectivity index (χ3v) is 4.31. The van der Waals surface area contributed by atoms with Gasteiger partial charge in [0.2, 0.25) is 0 Å². The van der Waals surface area contributed by atoms with Gasteiger partial charge in [0.1, 0.15) is 5.75 Å². The van der Waals surface area contributed by atoms with Crippen LogP contribution in [0.4, 0.5) is 14.5 Å². The first-order valence-electron chi connectivity index (χ1n) is 8.75. The quantitative estimate of drug-likeness (QED) is 0.542. The SMILES string of the molecule is Cn1cc(-c2cc(C(=O)Nc3ccccc3OC(F)F)c3ccccc3n2)cn1. The van der Waals surface area contributed by atoms with E-state index < -0.39 is 12.5 Å². The summed E-state index contributed by atoms with van der Waals surface area (Å²) in [6, 6.07) is 14.9. The van der Waals surface area contributed by atoms with Gasteiger partial charge in [-0.3, -0.25) is 9.48 Å². The van der Waals surface area contributed by atoms with Gasteiger partial charge in [0.05, 0.1) is 28.7 Å². The number of benzene rings is 2. The molecule has 0 aliphatic carbocycles. The molecule has 6 nitrogen and oxygen atoms in total. The average Bonchev–Trinajstić information content (AvgIpc) is 3.14. The lowest BCUT2D eigenvalue weighted by atomic mass is 10.0. The molecule has 146 valence electrons. The molecule has 8 heteroatoms. The molecule has 0 radical (unpaired) electrons. The molecule has 0 fully saturated rings. The Hall–Kier alpha value is -3.81. The van der Waals surface area contributed by atoms with Crippen molar-refractivity contribution in [2.45, 2.75) is 6.61 Å². The fourth-order valence-electron chi connectivity index (χ4n) is 3.02. The predicted octanol–water partition coefficient (Wildman–Crippen LogP) is 4.49. The molecule has 0 spiro atoms. The number of rotatable bonds is 5. The van der Waals surface area contributed by atoms with Crippen LogP contribution in [0.1, 0.15) is 10.4 Å². The Labute approximate surface area is 164 Å². The Morgan fingerprint density at radius 3 is 2.66 bits per heavy atom. The zero-order valence-corrected chi connectivity index (χ0v) is 15.3. The lowest BCUT2D eigenvalue weighted by Crippen LogP contribution is -2.14. The van der Waals surface area contributed by atoms with E-state index >= 15 is 0 Å². The highest BCUT2D eigenvalue weighted by Gasteiger charge is 2.17. The number of halogens is 2. The molecular weight excluding hydrogens is 378 g/mol. The number of aryl methyl sites for hydroxylation is 1. The van der Waals surface area contributed by atoms with E-state index in [4.69, 9.17) is 0 Å². The zero-order valence-electron chi connectivity index (χ0n) is 15.3. The van der Waals surface area contributed by atoms with Gasteiger partial charge in [-0.25, -0.2) is 4.98 Å². The number of nitrogens with one attached hydrogen (secondary N) is 1. The second-order valence-electron chi connectivity index (χ2n) is 6.30. The van der Waals surface area contributed by atoms with Crippen molar-refractivity contribution in [1.29, 1.82) is 0 Å². The van der Waals surface area contributed by atoms with Crippen molar-refractivity contribution >= 4 is 22.5 Å². The Bertz CT molecular complexity index is 1190. The second kappa shape index (κ2) is 7.67. The van der Waals surface area contributed by atoms with E-state index in [-0.39, 0.29) is 11.4 Å². The molecule has 0 atom stereocenters. The molecule has 4 aromatic rings. The molecule has 0 bridgehead atoms. The number of carbonyl (C=O) groups excluding carboxylic acids is 1. The van der Waals surface area contributed by atoms with Gasteiger partial charge in [-0.1, -0.05) is 30.3 Å². The topological polar surface area (TPSA) is 69.0 Å². The van der Waals surface area contributed by atoms with E-state index in [1.54, 1.807) is 60.5 Å². The van der Waals surface area contributed by atoms with Crippen LogP contribution in [0.3, 0.4) is 0 Å². The molecule has 29 heavy (non-hydrogen) atoms. The average molecular weight is 394 g/mol. The molecule has 2 aromatic heterocycles. The third kappa shape index (κ3) is 3.91. The smallest absolute Gasteiger partial charge is 0.387 e. The summed E-state index contributed by atoms with van der Waals surface area (Å²) in [5.41, 5.74) is 2.49. The summed E-state index contributed by atoms with van der Waals surface area (Å²) in [5.74, 6) is -0.569. The van der Waals surface area contributed by atoms with E-state index in [2.05, 4.69) is 20.1 Å². The first-order valence-corrected chi connectivity index (χ1v) is 8.75. The number of pyridine rings is 1. The number of aromatic nitrogens is 3.